The van der Waals surface area contributed by atoms with E-state index in [9.17, 15) is 18.0 Å². The Hall–Kier alpha value is -3.10. The van der Waals surface area contributed by atoms with Gasteiger partial charge in [-0.3, -0.25) is 10.1 Å². The standard InChI is InChI=1S/C19H13F3N4O2S2/c20-19(21,22)14-5-7-15(8-6-14)28-10-16(27)24-17-25-26-18(30-17)29-11-13-3-1-12(9-23)2-4-13/h1-8H,10-11H2,(H,24,25,27). The minimum Gasteiger partial charge on any atom is -0.484 e. The van der Waals surface area contributed by atoms with Crippen LogP contribution in [0.25, 0.3) is 0 Å². The van der Waals surface area contributed by atoms with Crippen molar-refractivity contribution in [1.82, 2.24) is 10.2 Å². The second kappa shape index (κ2) is 9.60. The molecule has 0 radical (unpaired) electrons. The number of anilines is 1. The smallest absolute Gasteiger partial charge is 0.416 e. The number of carbonyl (C=O) groups is 1. The topological polar surface area (TPSA) is 87.9 Å². The molecular formula is C19H13F3N4O2S2. The van der Waals surface area contributed by atoms with Crippen molar-refractivity contribution in [2.75, 3.05) is 11.9 Å². The van der Waals surface area contributed by atoms with E-state index in [-0.39, 0.29) is 12.4 Å². The highest BCUT2D eigenvalue weighted by atomic mass is 32.2. The molecule has 0 bridgehead atoms. The molecule has 0 aliphatic heterocycles. The molecule has 0 atom stereocenters. The first-order chi connectivity index (χ1) is 14.3. The Kier molecular flexibility index (Phi) is 6.91. The van der Waals surface area contributed by atoms with Crippen LogP contribution in [0.1, 0.15) is 16.7 Å². The molecule has 1 heterocycles. The van der Waals surface area contributed by atoms with Gasteiger partial charge in [0.2, 0.25) is 5.13 Å². The van der Waals surface area contributed by atoms with Crippen LogP contribution >= 0.6 is 23.1 Å². The molecule has 154 valence electrons. The van der Waals surface area contributed by atoms with Crippen molar-refractivity contribution in [2.45, 2.75) is 16.3 Å². The first-order valence-corrected chi connectivity index (χ1v) is 10.2. The molecule has 11 heteroatoms. The van der Waals surface area contributed by atoms with E-state index in [0.717, 1.165) is 29.8 Å². The maximum Gasteiger partial charge on any atom is 0.416 e. The summed E-state index contributed by atoms with van der Waals surface area (Å²) in [6.07, 6.45) is -4.43. The van der Waals surface area contributed by atoms with Crippen LogP contribution in [0.3, 0.4) is 0 Å². The van der Waals surface area contributed by atoms with Crippen LogP contribution in [0.15, 0.2) is 52.9 Å². The molecule has 0 fully saturated rings. The zero-order valence-corrected chi connectivity index (χ0v) is 16.8. The van der Waals surface area contributed by atoms with Gasteiger partial charge in [-0.15, -0.1) is 10.2 Å². The van der Waals surface area contributed by atoms with Crippen LogP contribution in [-0.2, 0) is 16.7 Å². The lowest BCUT2D eigenvalue weighted by Crippen LogP contribution is -2.20. The Labute approximate surface area is 177 Å². The number of nitriles is 1. The molecule has 0 saturated heterocycles. The molecule has 1 N–H and O–H groups in total. The first kappa shape index (κ1) is 21.6. The Bertz CT molecular complexity index is 1050. The van der Waals surface area contributed by atoms with Gasteiger partial charge in [0.05, 0.1) is 17.2 Å². The number of rotatable bonds is 7. The highest BCUT2D eigenvalue weighted by Gasteiger charge is 2.30. The van der Waals surface area contributed by atoms with Crippen molar-refractivity contribution in [3.63, 3.8) is 0 Å². The quantitative estimate of drug-likeness (QED) is 0.413. The van der Waals surface area contributed by atoms with E-state index in [2.05, 4.69) is 21.6 Å². The van der Waals surface area contributed by atoms with E-state index in [4.69, 9.17) is 10.00 Å². The van der Waals surface area contributed by atoms with Crippen molar-refractivity contribution in [3.05, 3.63) is 65.2 Å². The molecule has 0 saturated carbocycles. The molecule has 1 amide bonds. The predicted molar refractivity (Wildman–Crippen MR) is 106 cm³/mol. The van der Waals surface area contributed by atoms with Crippen LogP contribution in [0.5, 0.6) is 5.75 Å². The fourth-order valence-corrected chi connectivity index (χ4v) is 3.91. The molecule has 1 aromatic heterocycles. The lowest BCUT2D eigenvalue weighted by molar-refractivity contribution is -0.137. The summed E-state index contributed by atoms with van der Waals surface area (Å²) in [5.41, 5.74) is 0.812. The Morgan fingerprint density at radius 1 is 1.13 bits per heavy atom. The zero-order chi connectivity index (χ0) is 21.6. The number of thioether (sulfide) groups is 1. The fourth-order valence-electron chi connectivity index (χ4n) is 2.18. The lowest BCUT2D eigenvalue weighted by Gasteiger charge is -2.08. The third kappa shape index (κ3) is 6.20. The van der Waals surface area contributed by atoms with Gasteiger partial charge in [-0.1, -0.05) is 35.2 Å². The summed E-state index contributed by atoms with van der Waals surface area (Å²) < 4.78 is 43.4. The number of hydrogen-bond acceptors (Lipinski definition) is 7. The van der Waals surface area contributed by atoms with Crippen molar-refractivity contribution in [2.24, 2.45) is 0 Å². The third-order valence-corrected chi connectivity index (χ3v) is 5.69. The van der Waals surface area contributed by atoms with Crippen LogP contribution in [0, 0.1) is 11.3 Å². The van der Waals surface area contributed by atoms with E-state index >= 15 is 0 Å². The molecule has 0 aliphatic rings. The summed E-state index contributed by atoms with van der Waals surface area (Å²) in [6, 6.07) is 13.3. The van der Waals surface area contributed by atoms with Gasteiger partial charge in [0.15, 0.2) is 10.9 Å². The number of alkyl halides is 3. The van der Waals surface area contributed by atoms with Crippen molar-refractivity contribution in [1.29, 1.82) is 5.26 Å². The van der Waals surface area contributed by atoms with Gasteiger partial charge >= 0.3 is 6.18 Å². The van der Waals surface area contributed by atoms with Gasteiger partial charge < -0.3 is 4.74 Å². The monoisotopic (exact) mass is 450 g/mol. The fraction of sp³-hybridized carbons (Fsp3) is 0.158. The van der Waals surface area contributed by atoms with E-state index < -0.39 is 17.6 Å². The minimum atomic E-state index is -4.43. The summed E-state index contributed by atoms with van der Waals surface area (Å²) in [4.78, 5) is 12.0. The maximum atomic E-state index is 12.5. The predicted octanol–water partition coefficient (Wildman–Crippen LogP) is 4.74. The Morgan fingerprint density at radius 3 is 2.47 bits per heavy atom. The van der Waals surface area contributed by atoms with Crippen LogP contribution in [0.4, 0.5) is 18.3 Å². The number of ether oxygens (including phenoxy) is 1. The van der Waals surface area contributed by atoms with Gasteiger partial charge in [0, 0.05) is 5.75 Å². The molecule has 3 aromatic rings. The van der Waals surface area contributed by atoms with Crippen molar-refractivity contribution >= 4 is 34.1 Å². The molecule has 0 aliphatic carbocycles. The van der Waals surface area contributed by atoms with Gasteiger partial charge in [-0.05, 0) is 42.0 Å². The highest BCUT2D eigenvalue weighted by molar-refractivity contribution is 8.00. The SMILES string of the molecule is N#Cc1ccc(CSc2nnc(NC(=O)COc3ccc(C(F)(F)F)cc3)s2)cc1. The largest absolute Gasteiger partial charge is 0.484 e. The number of amides is 1. The Morgan fingerprint density at radius 2 is 1.83 bits per heavy atom. The second-order valence-electron chi connectivity index (χ2n) is 5.83. The van der Waals surface area contributed by atoms with Gasteiger partial charge in [0.25, 0.3) is 5.91 Å². The number of nitrogens with one attached hydrogen (secondary N) is 1. The molecule has 0 spiro atoms. The molecule has 2 aromatic carbocycles. The molecule has 6 nitrogen and oxygen atoms in total. The summed E-state index contributed by atoms with van der Waals surface area (Å²) >= 11 is 2.63. The highest BCUT2D eigenvalue weighted by Crippen LogP contribution is 2.30. The van der Waals surface area contributed by atoms with E-state index in [1.165, 1.54) is 23.1 Å². The summed E-state index contributed by atoms with van der Waals surface area (Å²) in [7, 11) is 0. The minimum absolute atomic E-state index is 0.147. The third-order valence-electron chi connectivity index (χ3n) is 3.65. The number of aromatic nitrogens is 2. The zero-order valence-electron chi connectivity index (χ0n) is 15.1. The number of carbonyl (C=O) groups excluding carboxylic acids is 1. The summed E-state index contributed by atoms with van der Waals surface area (Å²) in [6.45, 7) is -0.376. The van der Waals surface area contributed by atoms with E-state index in [1.54, 1.807) is 12.1 Å². The molecular weight excluding hydrogens is 437 g/mol. The number of hydrogen-bond donors (Lipinski definition) is 1. The average Bonchev–Trinajstić information content (AvgIpc) is 3.18. The number of halogens is 3. The van der Waals surface area contributed by atoms with E-state index in [0.29, 0.717) is 20.8 Å². The molecule has 3 rings (SSSR count). The molecule has 0 unspecified atom stereocenters. The van der Waals surface area contributed by atoms with Gasteiger partial charge in [0.1, 0.15) is 5.75 Å². The average molecular weight is 450 g/mol. The maximum absolute atomic E-state index is 12.5. The normalized spacial score (nSPS) is 11.0. The first-order valence-electron chi connectivity index (χ1n) is 8.39. The van der Waals surface area contributed by atoms with Crippen LogP contribution in [0.2, 0.25) is 0 Å². The van der Waals surface area contributed by atoms with Gasteiger partial charge in [-0.25, -0.2) is 0 Å². The number of nitrogens with zero attached hydrogens (tertiary/aromatic N) is 3. The summed E-state index contributed by atoms with van der Waals surface area (Å²) in [5.74, 6) is 0.273. The van der Waals surface area contributed by atoms with E-state index in [1.807, 2.05) is 12.1 Å². The summed E-state index contributed by atoms with van der Waals surface area (Å²) in [5, 5.41) is 19.5. The second-order valence-corrected chi connectivity index (χ2v) is 8.03. The molecule has 30 heavy (non-hydrogen) atoms. The van der Waals surface area contributed by atoms with Crippen molar-refractivity contribution in [3.8, 4) is 11.8 Å². The van der Waals surface area contributed by atoms with Crippen LogP contribution < -0.4 is 10.1 Å². The number of benzene rings is 2. The Balaban J connectivity index is 1.45. The van der Waals surface area contributed by atoms with Crippen molar-refractivity contribution < 1.29 is 22.7 Å². The lowest BCUT2D eigenvalue weighted by atomic mass is 10.2. The van der Waals surface area contributed by atoms with Gasteiger partial charge in [-0.2, -0.15) is 18.4 Å². The van der Waals surface area contributed by atoms with Crippen LogP contribution in [-0.4, -0.2) is 22.7 Å².